The van der Waals surface area contributed by atoms with Crippen LogP contribution >= 0.6 is 0 Å². The van der Waals surface area contributed by atoms with Gasteiger partial charge in [-0.25, -0.2) is 4.68 Å². The first-order chi connectivity index (χ1) is 10.8. The molecule has 0 amide bonds. The zero-order chi connectivity index (χ0) is 15.4. The number of nitrogens with zero attached hydrogens (tertiary/aromatic N) is 3. The fourth-order valence-electron chi connectivity index (χ4n) is 3.15. The predicted molar refractivity (Wildman–Crippen MR) is 86.0 cm³/mol. The van der Waals surface area contributed by atoms with Gasteiger partial charge in [0.15, 0.2) is 5.78 Å². The summed E-state index contributed by atoms with van der Waals surface area (Å²) < 4.78 is 1.77. The molecule has 1 heterocycles. The van der Waals surface area contributed by atoms with Crippen LogP contribution < -0.4 is 0 Å². The number of unbranched alkanes of at least 4 members (excludes halogenated alkanes) is 3. The van der Waals surface area contributed by atoms with Gasteiger partial charge in [-0.05, 0) is 31.2 Å². The summed E-state index contributed by atoms with van der Waals surface area (Å²) in [5.74, 6) is 0.171. The van der Waals surface area contributed by atoms with Crippen LogP contribution in [-0.2, 0) is 12.8 Å². The molecule has 22 heavy (non-hydrogen) atoms. The van der Waals surface area contributed by atoms with E-state index in [0.717, 1.165) is 42.5 Å². The molecule has 0 saturated heterocycles. The molecule has 1 atom stereocenters. The van der Waals surface area contributed by atoms with Gasteiger partial charge in [-0.1, -0.05) is 55.7 Å². The maximum atomic E-state index is 12.6. The van der Waals surface area contributed by atoms with Crippen molar-refractivity contribution in [3.05, 3.63) is 47.3 Å². The van der Waals surface area contributed by atoms with Gasteiger partial charge >= 0.3 is 0 Å². The normalized spacial score (nSPS) is 17.5. The van der Waals surface area contributed by atoms with Crippen molar-refractivity contribution in [1.29, 1.82) is 0 Å². The molecule has 0 radical (unpaired) electrons. The van der Waals surface area contributed by atoms with Crippen LogP contribution in [0, 0.1) is 0 Å². The smallest absolute Gasteiger partial charge is 0.187 e. The number of Topliss-reactive ketones (excluding diaryl/α,β-unsaturated/α-hetero) is 1. The number of carbonyl (C=O) groups excluding carboxylic acids is 1. The van der Waals surface area contributed by atoms with Crippen molar-refractivity contribution < 1.29 is 4.79 Å². The summed E-state index contributed by atoms with van der Waals surface area (Å²) >= 11 is 0. The molecule has 0 N–H and O–H groups in total. The monoisotopic (exact) mass is 297 g/mol. The van der Waals surface area contributed by atoms with E-state index in [4.69, 9.17) is 0 Å². The third-order valence-corrected chi connectivity index (χ3v) is 4.44. The topological polar surface area (TPSA) is 47.8 Å². The molecule has 0 fully saturated rings. The van der Waals surface area contributed by atoms with Crippen molar-refractivity contribution in [2.75, 3.05) is 0 Å². The number of ketones is 1. The summed E-state index contributed by atoms with van der Waals surface area (Å²) in [6.45, 7) is 2.21. The van der Waals surface area contributed by atoms with Crippen molar-refractivity contribution in [2.45, 2.75) is 57.9 Å². The first kappa shape index (κ1) is 14.9. The summed E-state index contributed by atoms with van der Waals surface area (Å²) in [5, 5.41) is 8.45. The molecule has 0 bridgehead atoms. The molecule has 3 rings (SSSR count). The van der Waals surface area contributed by atoms with Crippen molar-refractivity contribution in [2.24, 2.45) is 0 Å². The van der Waals surface area contributed by atoms with Crippen molar-refractivity contribution in [3.8, 4) is 0 Å². The highest BCUT2D eigenvalue weighted by Crippen LogP contribution is 2.28. The zero-order valence-electron chi connectivity index (χ0n) is 13.2. The minimum absolute atomic E-state index is 0.171. The fourth-order valence-corrected chi connectivity index (χ4v) is 3.15. The Balaban J connectivity index is 1.68. The Labute approximate surface area is 131 Å². The van der Waals surface area contributed by atoms with Crippen LogP contribution in [0.5, 0.6) is 0 Å². The maximum absolute atomic E-state index is 12.6. The minimum atomic E-state index is -0.188. The number of fused-ring (bicyclic) bond motifs is 1. The molecule has 1 aromatic heterocycles. The summed E-state index contributed by atoms with van der Waals surface area (Å²) in [5.41, 5.74) is 3.00. The second-order valence-electron chi connectivity index (χ2n) is 6.08. The lowest BCUT2D eigenvalue weighted by Gasteiger charge is -2.22. The Bertz CT molecular complexity index is 647. The standard InChI is InChI=1S/C18H23N3O/c1-2-3-4-5-9-15-13-21(20-19-15)17-12-11-14-8-6-7-10-16(14)18(17)22/h6-8,10,13,17H,2-5,9,11-12H2,1H3. The SMILES string of the molecule is CCCCCCc1cn(C2CCc3ccccc3C2=O)nn1. The Morgan fingerprint density at radius 2 is 2.09 bits per heavy atom. The first-order valence-electron chi connectivity index (χ1n) is 8.32. The fraction of sp³-hybridized carbons (Fsp3) is 0.500. The van der Waals surface area contributed by atoms with Crippen molar-refractivity contribution in [3.63, 3.8) is 0 Å². The number of rotatable bonds is 6. The second-order valence-corrected chi connectivity index (χ2v) is 6.08. The lowest BCUT2D eigenvalue weighted by molar-refractivity contribution is 0.0898. The van der Waals surface area contributed by atoms with Gasteiger partial charge in [-0.3, -0.25) is 4.79 Å². The molecule has 0 saturated carbocycles. The molecule has 2 aromatic rings. The average molecular weight is 297 g/mol. The zero-order valence-corrected chi connectivity index (χ0v) is 13.2. The highest BCUT2D eigenvalue weighted by molar-refractivity contribution is 6.01. The van der Waals surface area contributed by atoms with Crippen LogP contribution in [0.4, 0.5) is 0 Å². The minimum Gasteiger partial charge on any atom is -0.292 e. The van der Waals surface area contributed by atoms with Gasteiger partial charge in [-0.2, -0.15) is 0 Å². The molecule has 116 valence electrons. The molecule has 1 aliphatic carbocycles. The highest BCUT2D eigenvalue weighted by Gasteiger charge is 2.29. The number of benzene rings is 1. The lowest BCUT2D eigenvalue weighted by atomic mass is 9.87. The first-order valence-corrected chi connectivity index (χ1v) is 8.32. The molecule has 1 aromatic carbocycles. The van der Waals surface area contributed by atoms with Gasteiger partial charge in [0.2, 0.25) is 0 Å². The molecular formula is C18H23N3O. The van der Waals surface area contributed by atoms with E-state index in [1.165, 1.54) is 19.3 Å². The van der Waals surface area contributed by atoms with E-state index in [1.807, 2.05) is 30.5 Å². The lowest BCUT2D eigenvalue weighted by Crippen LogP contribution is -2.26. The quantitative estimate of drug-likeness (QED) is 0.762. The van der Waals surface area contributed by atoms with E-state index in [9.17, 15) is 4.79 Å². The van der Waals surface area contributed by atoms with Crippen molar-refractivity contribution in [1.82, 2.24) is 15.0 Å². The number of hydrogen-bond acceptors (Lipinski definition) is 3. The Morgan fingerprint density at radius 3 is 2.95 bits per heavy atom. The largest absolute Gasteiger partial charge is 0.292 e. The number of aromatic nitrogens is 3. The Hall–Kier alpha value is -1.97. The number of carbonyl (C=O) groups is 1. The molecule has 4 nitrogen and oxygen atoms in total. The van der Waals surface area contributed by atoms with Crippen LogP contribution in [0.2, 0.25) is 0 Å². The van der Waals surface area contributed by atoms with E-state index < -0.39 is 0 Å². The van der Waals surface area contributed by atoms with E-state index in [2.05, 4.69) is 17.2 Å². The van der Waals surface area contributed by atoms with E-state index in [-0.39, 0.29) is 11.8 Å². The van der Waals surface area contributed by atoms with Crippen LogP contribution in [0.15, 0.2) is 30.5 Å². The van der Waals surface area contributed by atoms with Gasteiger partial charge in [0.1, 0.15) is 6.04 Å². The van der Waals surface area contributed by atoms with Crippen LogP contribution in [0.3, 0.4) is 0 Å². The molecule has 1 unspecified atom stereocenters. The van der Waals surface area contributed by atoms with Crippen molar-refractivity contribution >= 4 is 5.78 Å². The van der Waals surface area contributed by atoms with Gasteiger partial charge in [0.05, 0.1) is 5.69 Å². The van der Waals surface area contributed by atoms with Crippen LogP contribution in [0.25, 0.3) is 0 Å². The number of hydrogen-bond donors (Lipinski definition) is 0. The summed E-state index contributed by atoms with van der Waals surface area (Å²) in [4.78, 5) is 12.6. The molecule has 1 aliphatic rings. The van der Waals surface area contributed by atoms with E-state index in [1.54, 1.807) is 4.68 Å². The number of aryl methyl sites for hydroxylation is 2. The molecular weight excluding hydrogens is 274 g/mol. The second kappa shape index (κ2) is 6.86. The van der Waals surface area contributed by atoms with Gasteiger partial charge in [0.25, 0.3) is 0 Å². The average Bonchev–Trinajstić information content (AvgIpc) is 3.01. The maximum Gasteiger partial charge on any atom is 0.187 e. The summed E-state index contributed by atoms with van der Waals surface area (Å²) in [7, 11) is 0. The summed E-state index contributed by atoms with van der Waals surface area (Å²) in [6, 6.07) is 7.71. The third-order valence-electron chi connectivity index (χ3n) is 4.44. The Kier molecular flexibility index (Phi) is 4.66. The predicted octanol–water partition coefficient (Wildman–Crippen LogP) is 3.77. The molecule has 4 heteroatoms. The Morgan fingerprint density at radius 1 is 1.23 bits per heavy atom. The van der Waals surface area contributed by atoms with Gasteiger partial charge in [-0.15, -0.1) is 5.10 Å². The molecule has 0 aliphatic heterocycles. The highest BCUT2D eigenvalue weighted by atomic mass is 16.1. The summed E-state index contributed by atoms with van der Waals surface area (Å²) in [6.07, 6.45) is 9.55. The van der Waals surface area contributed by atoms with E-state index >= 15 is 0 Å². The molecule has 0 spiro atoms. The van der Waals surface area contributed by atoms with E-state index in [0.29, 0.717) is 0 Å². The van der Waals surface area contributed by atoms with Crippen LogP contribution in [0.1, 0.15) is 66.7 Å². The third kappa shape index (κ3) is 3.11. The van der Waals surface area contributed by atoms with Gasteiger partial charge in [0, 0.05) is 11.8 Å². The van der Waals surface area contributed by atoms with Gasteiger partial charge < -0.3 is 0 Å². The van der Waals surface area contributed by atoms with Crippen LogP contribution in [-0.4, -0.2) is 20.8 Å².